The minimum absolute atomic E-state index is 0.687. The molecule has 0 aliphatic rings. The lowest BCUT2D eigenvalue weighted by Gasteiger charge is -2.24. The summed E-state index contributed by atoms with van der Waals surface area (Å²) in [6.45, 7) is 0. The molecule has 9 aromatic carbocycles. The van der Waals surface area contributed by atoms with Crippen molar-refractivity contribution in [3.05, 3.63) is 255 Å². The average Bonchev–Trinajstić information content (AvgIpc) is 3.30. The van der Waals surface area contributed by atoms with Gasteiger partial charge in [-0.15, -0.1) is 0 Å². The van der Waals surface area contributed by atoms with Gasteiger partial charge in [0.1, 0.15) is 0 Å². The summed E-state index contributed by atoms with van der Waals surface area (Å²) in [5, 5.41) is 16.4. The minimum Gasteiger partial charge on any atom is -0.0622 e. The first kappa shape index (κ1) is 38.2. The highest BCUT2D eigenvalue weighted by molar-refractivity contribution is 7.81. The van der Waals surface area contributed by atoms with Crippen molar-refractivity contribution in [2.24, 2.45) is 0 Å². The van der Waals surface area contributed by atoms with Crippen molar-refractivity contribution in [1.82, 2.24) is 0 Å². The van der Waals surface area contributed by atoms with Gasteiger partial charge in [-0.2, -0.15) is 0 Å². The third-order valence-electron chi connectivity index (χ3n) is 10.2. The summed E-state index contributed by atoms with van der Waals surface area (Å²) in [6.07, 6.45) is 0. The first-order valence-corrected chi connectivity index (χ1v) is 25.0. The lowest BCUT2D eigenvalue weighted by Crippen LogP contribution is -2.26. The first-order chi connectivity index (χ1) is 28.8. The Morgan fingerprint density at radius 3 is 0.345 bits per heavy atom. The van der Waals surface area contributed by atoms with Gasteiger partial charge in [-0.05, 0) is 95.3 Å². The van der Waals surface area contributed by atoms with E-state index >= 15 is 0 Å². The van der Waals surface area contributed by atoms with Crippen LogP contribution in [-0.2, 0) is 0 Å². The van der Waals surface area contributed by atoms with Crippen molar-refractivity contribution < 1.29 is 0 Å². The van der Waals surface area contributed by atoms with Crippen LogP contribution >= 0.6 is 31.7 Å². The quantitative estimate of drug-likeness (QED) is 0.108. The molecule has 4 heteroatoms. The predicted molar refractivity (Wildman–Crippen MR) is 261 cm³/mol. The van der Waals surface area contributed by atoms with Gasteiger partial charge >= 0.3 is 0 Å². The number of hydrogen-bond donors (Lipinski definition) is 0. The molecule has 0 aromatic heterocycles. The van der Waals surface area contributed by atoms with Gasteiger partial charge in [-0.1, -0.05) is 255 Å². The van der Waals surface area contributed by atoms with Crippen LogP contribution in [0, 0.1) is 0 Å². The van der Waals surface area contributed by atoms with E-state index in [1.807, 2.05) is 0 Å². The highest BCUT2D eigenvalue weighted by Gasteiger charge is 2.23. The molecule has 0 nitrogen and oxygen atoms in total. The zero-order valence-electron chi connectivity index (χ0n) is 32.0. The molecule has 0 heterocycles. The van der Waals surface area contributed by atoms with Crippen LogP contribution in [0.2, 0.25) is 0 Å². The maximum Gasteiger partial charge on any atom is -0.0134 e. The van der Waals surface area contributed by atoms with E-state index in [-0.39, 0.29) is 0 Å². The van der Waals surface area contributed by atoms with Crippen LogP contribution in [0.15, 0.2) is 255 Å². The van der Waals surface area contributed by atoms with Crippen LogP contribution in [-0.4, -0.2) is 0 Å². The van der Waals surface area contributed by atoms with Gasteiger partial charge in [-0.3, -0.25) is 0 Å². The molecule has 0 aliphatic carbocycles. The van der Waals surface area contributed by atoms with E-state index in [2.05, 4.69) is 255 Å². The Labute approximate surface area is 348 Å². The summed E-state index contributed by atoms with van der Waals surface area (Å²) in [7, 11) is -2.91. The molecular formula is C54H42P4. The summed E-state index contributed by atoms with van der Waals surface area (Å²) in [6, 6.07) is 94.8. The van der Waals surface area contributed by atoms with E-state index in [1.165, 1.54) is 63.7 Å². The molecule has 0 bridgehead atoms. The molecule has 0 saturated heterocycles. The number of rotatable bonds is 12. The molecule has 9 aromatic rings. The van der Waals surface area contributed by atoms with Crippen LogP contribution in [0.5, 0.6) is 0 Å². The second-order valence-electron chi connectivity index (χ2n) is 13.9. The molecule has 0 radical (unpaired) electrons. The van der Waals surface area contributed by atoms with Gasteiger partial charge in [-0.25, -0.2) is 0 Å². The lowest BCUT2D eigenvalue weighted by molar-refractivity contribution is 1.74. The van der Waals surface area contributed by atoms with Crippen molar-refractivity contribution >= 4 is 95.3 Å². The Hall–Kier alpha value is -5.30. The van der Waals surface area contributed by atoms with E-state index in [4.69, 9.17) is 0 Å². The summed E-state index contributed by atoms with van der Waals surface area (Å²) >= 11 is 0. The molecule has 0 fully saturated rings. The van der Waals surface area contributed by atoms with Crippen LogP contribution in [0.3, 0.4) is 0 Å². The zero-order chi connectivity index (χ0) is 38.9. The largest absolute Gasteiger partial charge is 0.0622 e. The van der Waals surface area contributed by atoms with Crippen LogP contribution < -0.4 is 63.7 Å². The highest BCUT2D eigenvalue weighted by Crippen LogP contribution is 2.38. The normalized spacial score (nSPS) is 11.4. The summed E-state index contributed by atoms with van der Waals surface area (Å²) in [4.78, 5) is 0. The highest BCUT2D eigenvalue weighted by atomic mass is 31.1. The van der Waals surface area contributed by atoms with Crippen molar-refractivity contribution in [3.8, 4) is 0 Å². The smallest absolute Gasteiger partial charge is 0.0134 e. The van der Waals surface area contributed by atoms with Crippen LogP contribution in [0.4, 0.5) is 0 Å². The van der Waals surface area contributed by atoms with Gasteiger partial charge < -0.3 is 0 Å². The Balaban J connectivity index is 1.13. The van der Waals surface area contributed by atoms with Gasteiger partial charge in [0.25, 0.3) is 0 Å². The first-order valence-electron chi connectivity index (χ1n) is 19.6. The van der Waals surface area contributed by atoms with Gasteiger partial charge in [0, 0.05) is 0 Å². The van der Waals surface area contributed by atoms with Crippen molar-refractivity contribution in [2.45, 2.75) is 0 Å². The van der Waals surface area contributed by atoms with E-state index in [0.717, 1.165) is 0 Å². The van der Waals surface area contributed by atoms with Crippen molar-refractivity contribution in [2.75, 3.05) is 0 Å². The topological polar surface area (TPSA) is 0 Å². The van der Waals surface area contributed by atoms with Crippen LogP contribution in [0.25, 0.3) is 0 Å². The predicted octanol–water partition coefficient (Wildman–Crippen LogP) is 8.72. The summed E-state index contributed by atoms with van der Waals surface area (Å²) in [5.74, 6) is 0. The molecule has 58 heavy (non-hydrogen) atoms. The third kappa shape index (κ3) is 8.60. The monoisotopic (exact) mass is 814 g/mol. The van der Waals surface area contributed by atoms with Crippen molar-refractivity contribution in [1.29, 1.82) is 0 Å². The fraction of sp³-hybridized carbons (Fsp3) is 0. The SMILES string of the molecule is c1ccc(P(c2ccccc2)c2ccc(P(c3ccc(P(c4ccccc4)c4ccccc4)cc3)c3ccc(P(c4ccccc4)c4ccccc4)cc3)cc2)cc1. The summed E-state index contributed by atoms with van der Waals surface area (Å²) in [5.41, 5.74) is 0. The molecule has 278 valence electrons. The zero-order valence-corrected chi connectivity index (χ0v) is 35.6. The fourth-order valence-electron chi connectivity index (χ4n) is 7.50. The molecule has 0 amide bonds. The van der Waals surface area contributed by atoms with Gasteiger partial charge in [0.05, 0.1) is 0 Å². The third-order valence-corrected chi connectivity index (χ3v) is 20.0. The summed E-state index contributed by atoms with van der Waals surface area (Å²) < 4.78 is 0. The average molecular weight is 815 g/mol. The number of hydrogen-bond acceptors (Lipinski definition) is 0. The second-order valence-corrected chi connectivity index (χ2v) is 22.8. The second kappa shape index (κ2) is 18.5. The molecular weight excluding hydrogens is 772 g/mol. The molecule has 0 atom stereocenters. The van der Waals surface area contributed by atoms with E-state index in [0.29, 0.717) is 0 Å². The Bertz CT molecular complexity index is 2200. The van der Waals surface area contributed by atoms with E-state index in [1.54, 1.807) is 0 Å². The molecule has 9 rings (SSSR count). The number of benzene rings is 9. The van der Waals surface area contributed by atoms with Crippen LogP contribution in [0.1, 0.15) is 0 Å². The van der Waals surface area contributed by atoms with E-state index in [9.17, 15) is 0 Å². The molecule has 0 N–H and O–H groups in total. The van der Waals surface area contributed by atoms with E-state index < -0.39 is 31.7 Å². The molecule has 0 spiro atoms. The minimum atomic E-state index is -0.845. The lowest BCUT2D eigenvalue weighted by atomic mass is 10.3. The van der Waals surface area contributed by atoms with Crippen molar-refractivity contribution in [3.63, 3.8) is 0 Å². The maximum absolute atomic E-state index is 2.41. The Kier molecular flexibility index (Phi) is 12.2. The Morgan fingerprint density at radius 1 is 0.121 bits per heavy atom. The standard InChI is InChI=1S/C54H42P4/c1-7-19-43(20-8-1)55(44-21-9-2-10-22-44)49-31-37-52(38-32-49)58(53-39-33-50(34-40-53)56(45-23-11-3-12-24-45)46-25-13-4-14-26-46)54-41-35-51(36-42-54)57(47-27-15-5-16-28-47)48-29-17-6-18-30-48/h1-42H. The van der Waals surface area contributed by atoms with Gasteiger partial charge in [0.2, 0.25) is 0 Å². The Morgan fingerprint density at radius 2 is 0.224 bits per heavy atom. The fourth-order valence-corrected chi connectivity index (χ4v) is 16.6. The molecule has 0 saturated carbocycles. The molecule has 0 unspecified atom stereocenters. The van der Waals surface area contributed by atoms with Gasteiger partial charge in [0.15, 0.2) is 0 Å². The maximum atomic E-state index is 2.41. The molecule has 0 aliphatic heterocycles.